The molecule has 0 radical (unpaired) electrons. The molecular weight excluding hydrogens is 580 g/mol. The summed E-state index contributed by atoms with van der Waals surface area (Å²) in [5.41, 5.74) is 5.16. The van der Waals surface area contributed by atoms with Gasteiger partial charge >= 0.3 is 6.03 Å². The first kappa shape index (κ1) is 32.5. The number of fused-ring (bicyclic) bond motifs is 1. The van der Waals surface area contributed by atoms with Gasteiger partial charge in [0.05, 0.1) is 0 Å². The number of aliphatic hydroxyl groups is 1. The Hall–Kier alpha value is -4.93. The van der Waals surface area contributed by atoms with E-state index < -0.39 is 6.10 Å². The lowest BCUT2D eigenvalue weighted by molar-refractivity contribution is 0.106. The molecule has 10 heteroatoms. The van der Waals surface area contributed by atoms with Crippen molar-refractivity contribution in [2.24, 2.45) is 0 Å². The molecule has 5 rings (SSSR count). The molecule has 46 heavy (non-hydrogen) atoms. The van der Waals surface area contributed by atoms with Gasteiger partial charge in [0.15, 0.2) is 5.65 Å². The van der Waals surface area contributed by atoms with E-state index in [0.717, 1.165) is 59.5 Å². The summed E-state index contributed by atoms with van der Waals surface area (Å²) in [6.07, 6.45) is 6.30. The number of pyridine rings is 1. The van der Waals surface area contributed by atoms with Gasteiger partial charge in [-0.05, 0) is 85.6 Å². The van der Waals surface area contributed by atoms with Crippen LogP contribution in [0.1, 0.15) is 38.2 Å². The van der Waals surface area contributed by atoms with E-state index in [2.05, 4.69) is 52.1 Å². The van der Waals surface area contributed by atoms with Crippen molar-refractivity contribution < 1.29 is 19.7 Å². The smallest absolute Gasteiger partial charge is 0.319 e. The van der Waals surface area contributed by atoms with Crippen LogP contribution in [0.25, 0.3) is 28.2 Å². The standard InChI is InChI=1S/C36H42N6O4/c1-2-3-4-5-20-39-36(45)40-28-9-6-8-27(23-28)34-41-33-10-7-21-38-35(33)42(34)29-13-11-26(12-14-29)19-22-37-24-31(44)25-46-32-17-15-30(43)16-18-32/h6-18,21,23,31,37,43-44H,2-5,19-20,22,24-25H2,1H3,(H2,39,40,45)/t31-/m0/s1. The number of anilines is 1. The maximum atomic E-state index is 12.5. The molecule has 1 atom stereocenters. The van der Waals surface area contributed by atoms with Gasteiger partial charge in [0.25, 0.3) is 0 Å². The lowest BCUT2D eigenvalue weighted by atomic mass is 10.1. The number of ether oxygens (including phenoxy) is 1. The number of hydrogen-bond donors (Lipinski definition) is 5. The molecule has 2 aromatic heterocycles. The van der Waals surface area contributed by atoms with Crippen LogP contribution in [0.5, 0.6) is 11.5 Å². The average Bonchev–Trinajstić information content (AvgIpc) is 3.46. The second-order valence-electron chi connectivity index (χ2n) is 11.2. The number of imidazole rings is 1. The largest absolute Gasteiger partial charge is 0.508 e. The number of carbonyl (C=O) groups excluding carboxylic acids is 1. The average molecular weight is 623 g/mol. The third-order valence-corrected chi connectivity index (χ3v) is 7.55. The van der Waals surface area contributed by atoms with Crippen molar-refractivity contribution in [2.75, 3.05) is 31.6 Å². The molecule has 0 aliphatic carbocycles. The van der Waals surface area contributed by atoms with Gasteiger partial charge in [-0.25, -0.2) is 14.8 Å². The van der Waals surface area contributed by atoms with E-state index in [1.807, 2.05) is 41.0 Å². The van der Waals surface area contributed by atoms with Gasteiger partial charge in [-0.1, -0.05) is 50.5 Å². The zero-order chi connectivity index (χ0) is 32.1. The highest BCUT2D eigenvalue weighted by atomic mass is 16.5. The molecule has 0 unspecified atom stereocenters. The van der Waals surface area contributed by atoms with Crippen molar-refractivity contribution in [1.82, 2.24) is 25.2 Å². The van der Waals surface area contributed by atoms with Gasteiger partial charge in [0, 0.05) is 36.2 Å². The predicted octanol–water partition coefficient (Wildman–Crippen LogP) is 6.07. The van der Waals surface area contributed by atoms with Gasteiger partial charge < -0.3 is 30.9 Å². The van der Waals surface area contributed by atoms with Crippen molar-refractivity contribution in [3.8, 4) is 28.6 Å². The number of nitrogens with one attached hydrogen (secondary N) is 3. The highest BCUT2D eigenvalue weighted by Gasteiger charge is 2.16. The Balaban J connectivity index is 1.20. The van der Waals surface area contributed by atoms with E-state index >= 15 is 0 Å². The number of nitrogens with zero attached hydrogens (tertiary/aromatic N) is 3. The first-order valence-corrected chi connectivity index (χ1v) is 15.9. The number of amides is 2. The Bertz CT molecular complexity index is 1690. The molecule has 0 aliphatic heterocycles. The quantitative estimate of drug-likeness (QED) is 0.0844. The number of rotatable bonds is 16. The Morgan fingerprint density at radius 1 is 0.957 bits per heavy atom. The van der Waals surface area contributed by atoms with Crippen molar-refractivity contribution in [2.45, 2.75) is 45.1 Å². The Morgan fingerprint density at radius 2 is 1.78 bits per heavy atom. The number of unbranched alkanes of at least 4 members (excludes halogenated alkanes) is 3. The van der Waals surface area contributed by atoms with Crippen LogP contribution in [0.4, 0.5) is 10.5 Å². The van der Waals surface area contributed by atoms with Gasteiger partial charge in [0.2, 0.25) is 0 Å². The SMILES string of the molecule is CCCCCCNC(=O)Nc1cccc(-c2nc3cccnc3n2-c2ccc(CCNC[C@H](O)COc3ccc(O)cc3)cc2)c1. The molecule has 0 saturated carbocycles. The molecule has 5 aromatic rings. The normalized spacial score (nSPS) is 11.8. The number of aromatic hydroxyl groups is 1. The fraction of sp³-hybridized carbons (Fsp3) is 0.306. The van der Waals surface area contributed by atoms with Crippen LogP contribution < -0.4 is 20.7 Å². The van der Waals surface area contributed by atoms with Crippen LogP contribution in [0.2, 0.25) is 0 Å². The van der Waals surface area contributed by atoms with Gasteiger partial charge in [-0.2, -0.15) is 0 Å². The van der Waals surface area contributed by atoms with E-state index in [9.17, 15) is 15.0 Å². The van der Waals surface area contributed by atoms with Crippen LogP contribution in [0.15, 0.2) is 91.1 Å². The van der Waals surface area contributed by atoms with Gasteiger partial charge in [-0.3, -0.25) is 4.57 Å². The van der Waals surface area contributed by atoms with Gasteiger partial charge in [0.1, 0.15) is 35.6 Å². The topological polar surface area (TPSA) is 134 Å². The zero-order valence-electron chi connectivity index (χ0n) is 26.2. The summed E-state index contributed by atoms with van der Waals surface area (Å²) in [6.45, 7) is 4.08. The number of phenols is 1. The lowest BCUT2D eigenvalue weighted by Crippen LogP contribution is -2.32. The molecule has 10 nitrogen and oxygen atoms in total. The summed E-state index contributed by atoms with van der Waals surface area (Å²) in [7, 11) is 0. The number of benzene rings is 3. The van der Waals surface area contributed by atoms with Crippen molar-refractivity contribution >= 4 is 22.9 Å². The molecule has 0 bridgehead atoms. The number of phenolic OH excluding ortho intramolecular Hbond substituents is 1. The van der Waals surface area contributed by atoms with Crippen LogP contribution in [-0.2, 0) is 6.42 Å². The summed E-state index contributed by atoms with van der Waals surface area (Å²) >= 11 is 0. The summed E-state index contributed by atoms with van der Waals surface area (Å²) in [5, 5.41) is 28.8. The molecule has 0 saturated heterocycles. The molecular formula is C36H42N6O4. The minimum Gasteiger partial charge on any atom is -0.508 e. The minimum absolute atomic E-state index is 0.160. The third-order valence-electron chi connectivity index (χ3n) is 7.55. The fourth-order valence-corrected chi connectivity index (χ4v) is 5.12. The van der Waals surface area contributed by atoms with Crippen molar-refractivity contribution in [3.05, 3.63) is 96.7 Å². The maximum Gasteiger partial charge on any atom is 0.319 e. The minimum atomic E-state index is -0.657. The van der Waals surface area contributed by atoms with E-state index in [4.69, 9.17) is 9.72 Å². The highest BCUT2D eigenvalue weighted by molar-refractivity contribution is 5.90. The zero-order valence-corrected chi connectivity index (χ0v) is 26.2. The number of aromatic nitrogens is 3. The maximum absolute atomic E-state index is 12.5. The van der Waals surface area contributed by atoms with E-state index in [0.29, 0.717) is 31.1 Å². The third kappa shape index (κ3) is 9.06. The van der Waals surface area contributed by atoms with Crippen LogP contribution in [0.3, 0.4) is 0 Å². The summed E-state index contributed by atoms with van der Waals surface area (Å²) in [5.74, 6) is 1.50. The molecule has 0 spiro atoms. The Morgan fingerprint density at radius 3 is 2.59 bits per heavy atom. The number of carbonyl (C=O) groups is 1. The van der Waals surface area contributed by atoms with Crippen molar-refractivity contribution in [1.29, 1.82) is 0 Å². The van der Waals surface area contributed by atoms with E-state index in [1.165, 1.54) is 6.42 Å². The molecule has 5 N–H and O–H groups in total. The lowest BCUT2D eigenvalue weighted by Gasteiger charge is -2.14. The molecule has 0 aliphatic rings. The molecule has 240 valence electrons. The Kier molecular flexibility index (Phi) is 11.6. The van der Waals surface area contributed by atoms with Crippen molar-refractivity contribution in [3.63, 3.8) is 0 Å². The number of hydrogen-bond acceptors (Lipinski definition) is 7. The van der Waals surface area contributed by atoms with Crippen LogP contribution in [0, 0.1) is 0 Å². The predicted molar refractivity (Wildman–Crippen MR) is 182 cm³/mol. The monoisotopic (exact) mass is 622 g/mol. The fourth-order valence-electron chi connectivity index (χ4n) is 5.12. The second-order valence-corrected chi connectivity index (χ2v) is 11.2. The Labute approximate surface area is 269 Å². The van der Waals surface area contributed by atoms with Crippen LogP contribution >= 0.6 is 0 Å². The molecule has 0 fully saturated rings. The highest BCUT2D eigenvalue weighted by Crippen LogP contribution is 2.29. The first-order chi connectivity index (χ1) is 22.5. The van der Waals surface area contributed by atoms with E-state index in [-0.39, 0.29) is 18.4 Å². The molecule has 2 heterocycles. The summed E-state index contributed by atoms with van der Waals surface area (Å²) in [6, 6.07) is 26.0. The number of urea groups is 1. The first-order valence-electron chi connectivity index (χ1n) is 15.9. The van der Waals surface area contributed by atoms with Gasteiger partial charge in [-0.15, -0.1) is 0 Å². The second kappa shape index (κ2) is 16.4. The number of aliphatic hydroxyl groups excluding tert-OH is 1. The summed E-state index contributed by atoms with van der Waals surface area (Å²) < 4.78 is 7.61. The molecule has 2 amide bonds. The van der Waals surface area contributed by atoms with Crippen LogP contribution in [-0.4, -0.2) is 63.1 Å². The molecule has 3 aromatic carbocycles. The summed E-state index contributed by atoms with van der Waals surface area (Å²) in [4.78, 5) is 22.0. The van der Waals surface area contributed by atoms with E-state index in [1.54, 1.807) is 30.5 Å².